The molecule has 0 aromatic heterocycles. The zero-order chi connectivity index (χ0) is 23.8. The van der Waals surface area contributed by atoms with Gasteiger partial charge in [-0.15, -0.1) is 0 Å². The van der Waals surface area contributed by atoms with Crippen molar-refractivity contribution in [3.63, 3.8) is 0 Å². The molecule has 0 aliphatic heterocycles. The van der Waals surface area contributed by atoms with Gasteiger partial charge in [-0.3, -0.25) is 4.79 Å². The number of ether oxygens (including phenoxy) is 1. The molecular formula is C21H29N3O6S2. The quantitative estimate of drug-likeness (QED) is 0.392. The second-order valence-electron chi connectivity index (χ2n) is 7.07. The molecule has 0 unspecified atom stereocenters. The number of amides is 1. The van der Waals surface area contributed by atoms with Crippen LogP contribution < -0.4 is 19.5 Å². The standard InChI is InChI=1S/C21H29N3O6S2/c1-4-30-18-7-9-19(10-8-18)31(26,27)23-12-11-21(25)22-13-14-24-32(28,29)20-15-16(2)5-6-17(20)3/h5-10,15,23-24H,4,11-14H2,1-3H3,(H,22,25). The van der Waals surface area contributed by atoms with Crippen LogP contribution in [-0.4, -0.2) is 49.0 Å². The zero-order valence-electron chi connectivity index (χ0n) is 18.3. The number of benzene rings is 2. The van der Waals surface area contributed by atoms with Crippen molar-refractivity contribution in [2.24, 2.45) is 0 Å². The summed E-state index contributed by atoms with van der Waals surface area (Å²) in [4.78, 5) is 12.2. The van der Waals surface area contributed by atoms with E-state index in [-0.39, 0.29) is 35.8 Å². The number of sulfonamides is 2. The molecule has 3 N–H and O–H groups in total. The average Bonchev–Trinajstić information content (AvgIpc) is 2.73. The first-order valence-corrected chi connectivity index (χ1v) is 13.1. The second-order valence-corrected chi connectivity index (χ2v) is 10.6. The van der Waals surface area contributed by atoms with E-state index in [9.17, 15) is 21.6 Å². The van der Waals surface area contributed by atoms with E-state index in [1.165, 1.54) is 12.1 Å². The number of nitrogens with one attached hydrogen (secondary N) is 3. The third-order valence-corrected chi connectivity index (χ3v) is 7.54. The Morgan fingerprint density at radius 3 is 2.19 bits per heavy atom. The van der Waals surface area contributed by atoms with Crippen LogP contribution in [0, 0.1) is 13.8 Å². The molecule has 0 aliphatic rings. The van der Waals surface area contributed by atoms with Crippen molar-refractivity contribution in [3.8, 4) is 5.75 Å². The van der Waals surface area contributed by atoms with Gasteiger partial charge in [0.05, 0.1) is 16.4 Å². The van der Waals surface area contributed by atoms with E-state index in [1.54, 1.807) is 31.2 Å². The van der Waals surface area contributed by atoms with E-state index in [0.29, 0.717) is 17.9 Å². The van der Waals surface area contributed by atoms with Gasteiger partial charge in [0.15, 0.2) is 0 Å². The first kappa shape index (κ1) is 25.8. The molecule has 0 heterocycles. The highest BCUT2D eigenvalue weighted by molar-refractivity contribution is 7.89. The minimum Gasteiger partial charge on any atom is -0.494 e. The topological polar surface area (TPSA) is 131 Å². The molecule has 0 spiro atoms. The second kappa shape index (κ2) is 11.4. The van der Waals surface area contributed by atoms with Crippen LogP contribution in [0.5, 0.6) is 5.75 Å². The molecule has 32 heavy (non-hydrogen) atoms. The van der Waals surface area contributed by atoms with Crippen LogP contribution in [-0.2, 0) is 24.8 Å². The molecule has 0 saturated carbocycles. The van der Waals surface area contributed by atoms with Gasteiger partial charge in [-0.2, -0.15) is 0 Å². The lowest BCUT2D eigenvalue weighted by atomic mass is 10.2. The maximum atomic E-state index is 12.4. The molecule has 2 aromatic rings. The number of rotatable bonds is 12. The third-order valence-electron chi connectivity index (χ3n) is 4.46. The predicted octanol–water partition coefficient (Wildman–Crippen LogP) is 1.47. The van der Waals surface area contributed by atoms with Gasteiger partial charge in [0.25, 0.3) is 0 Å². The van der Waals surface area contributed by atoms with Crippen molar-refractivity contribution in [3.05, 3.63) is 53.6 Å². The molecule has 0 radical (unpaired) electrons. The summed E-state index contributed by atoms with van der Waals surface area (Å²) < 4.78 is 59.5. The van der Waals surface area contributed by atoms with Crippen molar-refractivity contribution in [2.75, 3.05) is 26.2 Å². The van der Waals surface area contributed by atoms with E-state index in [4.69, 9.17) is 4.74 Å². The number of hydrogen-bond donors (Lipinski definition) is 3. The third kappa shape index (κ3) is 7.59. The smallest absolute Gasteiger partial charge is 0.240 e. The molecule has 0 fully saturated rings. The van der Waals surface area contributed by atoms with Crippen molar-refractivity contribution < 1.29 is 26.4 Å². The van der Waals surface area contributed by atoms with Crippen LogP contribution in [0.15, 0.2) is 52.3 Å². The first-order valence-electron chi connectivity index (χ1n) is 10.1. The van der Waals surface area contributed by atoms with Gasteiger partial charge in [-0.25, -0.2) is 26.3 Å². The SMILES string of the molecule is CCOc1ccc(S(=O)(=O)NCCC(=O)NCCNS(=O)(=O)c2cc(C)ccc2C)cc1. The molecule has 0 bridgehead atoms. The molecule has 0 aliphatic carbocycles. The Bertz CT molecular complexity index is 1130. The van der Waals surface area contributed by atoms with E-state index in [2.05, 4.69) is 14.8 Å². The van der Waals surface area contributed by atoms with E-state index < -0.39 is 26.0 Å². The van der Waals surface area contributed by atoms with Crippen LogP contribution in [0.4, 0.5) is 0 Å². The molecule has 2 aromatic carbocycles. The summed E-state index contributed by atoms with van der Waals surface area (Å²) in [5.41, 5.74) is 1.46. The van der Waals surface area contributed by atoms with Crippen LogP contribution in [0.1, 0.15) is 24.5 Å². The highest BCUT2D eigenvalue weighted by Gasteiger charge is 2.17. The summed E-state index contributed by atoms with van der Waals surface area (Å²) >= 11 is 0. The van der Waals surface area contributed by atoms with Crippen LogP contribution >= 0.6 is 0 Å². The minimum atomic E-state index is -3.75. The molecule has 0 saturated heterocycles. The average molecular weight is 484 g/mol. The van der Waals surface area contributed by atoms with Crippen molar-refractivity contribution >= 4 is 26.0 Å². The van der Waals surface area contributed by atoms with Crippen molar-refractivity contribution in [1.29, 1.82) is 0 Å². The van der Waals surface area contributed by atoms with E-state index >= 15 is 0 Å². The maximum Gasteiger partial charge on any atom is 0.240 e. The molecule has 2 rings (SSSR count). The highest BCUT2D eigenvalue weighted by atomic mass is 32.2. The normalized spacial score (nSPS) is 11.8. The van der Waals surface area contributed by atoms with Crippen molar-refractivity contribution in [1.82, 2.24) is 14.8 Å². The van der Waals surface area contributed by atoms with Crippen LogP contribution in [0.2, 0.25) is 0 Å². The Kier molecular flexibility index (Phi) is 9.20. The number of aryl methyl sites for hydroxylation is 2. The summed E-state index contributed by atoms with van der Waals surface area (Å²) in [6, 6.07) is 11.1. The number of hydrogen-bond acceptors (Lipinski definition) is 6. The summed E-state index contributed by atoms with van der Waals surface area (Å²) in [6.45, 7) is 5.83. The minimum absolute atomic E-state index is 0.0133. The lowest BCUT2D eigenvalue weighted by molar-refractivity contribution is -0.120. The Morgan fingerprint density at radius 2 is 1.53 bits per heavy atom. The molecule has 0 atom stereocenters. The molecule has 176 valence electrons. The lowest BCUT2D eigenvalue weighted by Gasteiger charge is -2.11. The molecule has 9 nitrogen and oxygen atoms in total. The summed E-state index contributed by atoms with van der Waals surface area (Å²) in [5, 5.41) is 2.56. The molecule has 11 heteroatoms. The monoisotopic (exact) mass is 483 g/mol. The van der Waals surface area contributed by atoms with Gasteiger partial charge in [0.2, 0.25) is 26.0 Å². The fraction of sp³-hybridized carbons (Fsp3) is 0.381. The summed E-state index contributed by atoms with van der Waals surface area (Å²) in [5.74, 6) is 0.171. The van der Waals surface area contributed by atoms with E-state index in [1.807, 2.05) is 19.9 Å². The van der Waals surface area contributed by atoms with Gasteiger partial charge in [-0.1, -0.05) is 12.1 Å². The van der Waals surface area contributed by atoms with Gasteiger partial charge in [0.1, 0.15) is 5.75 Å². The Morgan fingerprint density at radius 1 is 0.875 bits per heavy atom. The fourth-order valence-corrected chi connectivity index (χ4v) is 5.21. The zero-order valence-corrected chi connectivity index (χ0v) is 20.0. The van der Waals surface area contributed by atoms with Crippen molar-refractivity contribution in [2.45, 2.75) is 37.0 Å². The van der Waals surface area contributed by atoms with E-state index in [0.717, 1.165) is 5.56 Å². The fourth-order valence-electron chi connectivity index (χ4n) is 2.81. The number of carbonyl (C=O) groups excluding carboxylic acids is 1. The Balaban J connectivity index is 1.75. The Labute approximate surface area is 189 Å². The summed E-state index contributed by atoms with van der Waals surface area (Å²) in [7, 11) is -7.43. The maximum absolute atomic E-state index is 12.4. The molecular weight excluding hydrogens is 454 g/mol. The Hall–Kier alpha value is -2.47. The largest absolute Gasteiger partial charge is 0.494 e. The van der Waals surface area contributed by atoms with Gasteiger partial charge in [0, 0.05) is 26.1 Å². The predicted molar refractivity (Wildman–Crippen MR) is 122 cm³/mol. The van der Waals surface area contributed by atoms with Gasteiger partial charge < -0.3 is 10.1 Å². The van der Waals surface area contributed by atoms with Gasteiger partial charge >= 0.3 is 0 Å². The van der Waals surface area contributed by atoms with Gasteiger partial charge in [-0.05, 0) is 62.2 Å². The molecule has 1 amide bonds. The first-order chi connectivity index (χ1) is 15.0. The lowest BCUT2D eigenvalue weighted by Crippen LogP contribution is -2.36. The number of carbonyl (C=O) groups is 1. The summed E-state index contributed by atoms with van der Waals surface area (Å²) in [6.07, 6.45) is -0.0833. The van der Waals surface area contributed by atoms with Crippen LogP contribution in [0.3, 0.4) is 0 Å². The van der Waals surface area contributed by atoms with Crippen LogP contribution in [0.25, 0.3) is 0 Å². The highest BCUT2D eigenvalue weighted by Crippen LogP contribution is 2.17.